The van der Waals surface area contributed by atoms with Crippen LogP contribution in [0, 0.1) is 11.7 Å². The Morgan fingerprint density at radius 3 is 2.70 bits per heavy atom. The Bertz CT molecular complexity index is 472. The molecule has 0 aliphatic heterocycles. The molecule has 20 heavy (non-hydrogen) atoms. The van der Waals surface area contributed by atoms with Gasteiger partial charge in [-0.3, -0.25) is 4.79 Å². The van der Waals surface area contributed by atoms with Gasteiger partial charge in [0.1, 0.15) is 5.82 Å². The van der Waals surface area contributed by atoms with E-state index in [-0.39, 0.29) is 17.8 Å². The summed E-state index contributed by atoms with van der Waals surface area (Å²) in [6, 6.07) is 4.40. The molecule has 1 saturated carbocycles. The van der Waals surface area contributed by atoms with E-state index in [1.54, 1.807) is 0 Å². The Labute approximate surface area is 128 Å². The summed E-state index contributed by atoms with van der Waals surface area (Å²) in [5.74, 6) is 0.124. The fraction of sp³-hybridized carbons (Fsp3) is 0.562. The third kappa shape index (κ3) is 3.81. The summed E-state index contributed by atoms with van der Waals surface area (Å²) in [7, 11) is 0. The number of benzene rings is 1. The van der Waals surface area contributed by atoms with Gasteiger partial charge in [0.05, 0.1) is 5.56 Å². The van der Waals surface area contributed by atoms with Gasteiger partial charge in [0.25, 0.3) is 5.91 Å². The van der Waals surface area contributed by atoms with Crippen LogP contribution in [0.5, 0.6) is 0 Å². The molecule has 1 atom stereocenters. The monoisotopic (exact) mass is 341 g/mol. The minimum atomic E-state index is -0.340. The van der Waals surface area contributed by atoms with Crippen molar-refractivity contribution in [3.05, 3.63) is 34.1 Å². The van der Waals surface area contributed by atoms with Gasteiger partial charge in [0.15, 0.2) is 0 Å². The molecule has 0 spiro atoms. The largest absolute Gasteiger partial charge is 0.349 e. The summed E-state index contributed by atoms with van der Waals surface area (Å²) in [6.45, 7) is 2.11. The maximum absolute atomic E-state index is 13.1. The highest BCUT2D eigenvalue weighted by atomic mass is 79.9. The van der Waals surface area contributed by atoms with Crippen molar-refractivity contribution in [2.24, 2.45) is 5.92 Å². The highest BCUT2D eigenvalue weighted by Gasteiger charge is 2.24. The standard InChI is InChI=1S/C16H21BrFNO/c1-2-15(11-6-4-3-5-7-11)19-16(20)13-9-8-12(18)10-14(13)17/h8-11,15H,2-7H2,1H3,(H,19,20). The maximum atomic E-state index is 13.1. The summed E-state index contributed by atoms with van der Waals surface area (Å²) < 4.78 is 13.6. The SMILES string of the molecule is CCC(NC(=O)c1ccc(F)cc1Br)C1CCCCC1. The van der Waals surface area contributed by atoms with Crippen molar-refractivity contribution in [2.75, 3.05) is 0 Å². The highest BCUT2D eigenvalue weighted by molar-refractivity contribution is 9.10. The number of carbonyl (C=O) groups is 1. The molecule has 1 amide bonds. The van der Waals surface area contributed by atoms with Gasteiger partial charge in [0, 0.05) is 10.5 Å². The summed E-state index contributed by atoms with van der Waals surface area (Å²) >= 11 is 3.25. The van der Waals surface area contributed by atoms with Crippen molar-refractivity contribution < 1.29 is 9.18 Å². The zero-order valence-corrected chi connectivity index (χ0v) is 13.4. The van der Waals surface area contributed by atoms with Gasteiger partial charge in [-0.05, 0) is 59.3 Å². The lowest BCUT2D eigenvalue weighted by molar-refractivity contribution is 0.0910. The number of carbonyl (C=O) groups excluding carboxylic acids is 1. The predicted molar refractivity (Wildman–Crippen MR) is 82.2 cm³/mol. The smallest absolute Gasteiger partial charge is 0.252 e. The lowest BCUT2D eigenvalue weighted by atomic mass is 9.83. The van der Waals surface area contributed by atoms with Crippen molar-refractivity contribution in [1.29, 1.82) is 0 Å². The van der Waals surface area contributed by atoms with Gasteiger partial charge in [-0.25, -0.2) is 4.39 Å². The zero-order chi connectivity index (χ0) is 14.5. The van der Waals surface area contributed by atoms with Crippen LogP contribution < -0.4 is 5.32 Å². The van der Waals surface area contributed by atoms with Crippen LogP contribution in [-0.4, -0.2) is 11.9 Å². The van der Waals surface area contributed by atoms with E-state index in [0.717, 1.165) is 6.42 Å². The summed E-state index contributed by atoms with van der Waals surface area (Å²) in [4.78, 5) is 12.3. The normalized spacial score (nSPS) is 17.8. The number of hydrogen-bond donors (Lipinski definition) is 1. The van der Waals surface area contributed by atoms with Crippen molar-refractivity contribution in [3.63, 3.8) is 0 Å². The average Bonchev–Trinajstić information content (AvgIpc) is 2.45. The van der Waals surface area contributed by atoms with Crippen LogP contribution in [0.1, 0.15) is 55.8 Å². The Kier molecular flexibility index (Phi) is 5.58. The Morgan fingerprint density at radius 1 is 1.40 bits per heavy atom. The van der Waals surface area contributed by atoms with E-state index >= 15 is 0 Å². The van der Waals surface area contributed by atoms with Gasteiger partial charge in [-0.15, -0.1) is 0 Å². The molecule has 1 aliphatic rings. The summed E-state index contributed by atoms with van der Waals surface area (Å²) in [6.07, 6.45) is 7.17. The van der Waals surface area contributed by atoms with E-state index in [2.05, 4.69) is 28.2 Å². The van der Waals surface area contributed by atoms with Crippen LogP contribution in [0.15, 0.2) is 22.7 Å². The molecule has 0 aromatic heterocycles. The third-order valence-electron chi connectivity index (χ3n) is 4.15. The topological polar surface area (TPSA) is 29.1 Å². The first-order valence-electron chi connectivity index (χ1n) is 7.37. The second-order valence-electron chi connectivity index (χ2n) is 5.51. The summed E-state index contributed by atoms with van der Waals surface area (Å²) in [5.41, 5.74) is 0.501. The first kappa shape index (κ1) is 15.5. The predicted octanol–water partition coefficient (Wildman–Crippen LogP) is 4.68. The second-order valence-corrected chi connectivity index (χ2v) is 6.36. The fourth-order valence-electron chi connectivity index (χ4n) is 3.01. The van der Waals surface area contributed by atoms with Crippen LogP contribution in [0.3, 0.4) is 0 Å². The molecule has 0 saturated heterocycles. The van der Waals surface area contributed by atoms with E-state index < -0.39 is 0 Å². The van der Waals surface area contributed by atoms with Crippen molar-refractivity contribution in [3.8, 4) is 0 Å². The number of amides is 1. The molecule has 0 bridgehead atoms. The molecule has 1 fully saturated rings. The van der Waals surface area contributed by atoms with Crippen LogP contribution in [0.2, 0.25) is 0 Å². The molecule has 1 aromatic rings. The minimum Gasteiger partial charge on any atom is -0.349 e. The first-order valence-corrected chi connectivity index (χ1v) is 8.17. The molecule has 1 N–H and O–H groups in total. The number of rotatable bonds is 4. The lowest BCUT2D eigenvalue weighted by Gasteiger charge is -2.30. The van der Waals surface area contributed by atoms with Crippen LogP contribution in [0.4, 0.5) is 4.39 Å². The molecule has 0 radical (unpaired) electrons. The maximum Gasteiger partial charge on any atom is 0.252 e. The van der Waals surface area contributed by atoms with E-state index in [0.29, 0.717) is 16.0 Å². The Hall–Kier alpha value is -0.900. The van der Waals surface area contributed by atoms with Crippen molar-refractivity contribution in [2.45, 2.75) is 51.5 Å². The molecular weight excluding hydrogens is 321 g/mol. The van der Waals surface area contributed by atoms with Gasteiger partial charge >= 0.3 is 0 Å². The van der Waals surface area contributed by atoms with Gasteiger partial charge in [0.2, 0.25) is 0 Å². The molecule has 2 rings (SSSR count). The summed E-state index contributed by atoms with van der Waals surface area (Å²) in [5, 5.41) is 3.12. The molecule has 1 aliphatic carbocycles. The number of nitrogens with one attached hydrogen (secondary N) is 1. The van der Waals surface area contributed by atoms with Crippen LogP contribution in [0.25, 0.3) is 0 Å². The number of hydrogen-bond acceptors (Lipinski definition) is 1. The zero-order valence-electron chi connectivity index (χ0n) is 11.8. The minimum absolute atomic E-state index is 0.116. The van der Waals surface area contributed by atoms with E-state index in [9.17, 15) is 9.18 Å². The van der Waals surface area contributed by atoms with Gasteiger partial charge < -0.3 is 5.32 Å². The van der Waals surface area contributed by atoms with E-state index in [4.69, 9.17) is 0 Å². The highest BCUT2D eigenvalue weighted by Crippen LogP contribution is 2.28. The quantitative estimate of drug-likeness (QED) is 0.846. The van der Waals surface area contributed by atoms with Crippen molar-refractivity contribution in [1.82, 2.24) is 5.32 Å². The Morgan fingerprint density at radius 2 is 2.10 bits per heavy atom. The molecule has 2 nitrogen and oxygen atoms in total. The van der Waals surface area contributed by atoms with Crippen molar-refractivity contribution >= 4 is 21.8 Å². The third-order valence-corrected chi connectivity index (χ3v) is 4.81. The van der Waals surface area contributed by atoms with Crippen LogP contribution >= 0.6 is 15.9 Å². The molecule has 110 valence electrons. The molecular formula is C16H21BrFNO. The second kappa shape index (κ2) is 7.21. The molecule has 0 heterocycles. The lowest BCUT2D eigenvalue weighted by Crippen LogP contribution is -2.40. The first-order chi connectivity index (χ1) is 9.61. The van der Waals surface area contributed by atoms with Gasteiger partial charge in [-0.1, -0.05) is 26.2 Å². The Balaban J connectivity index is 2.04. The van der Waals surface area contributed by atoms with E-state index in [1.807, 2.05) is 0 Å². The average molecular weight is 342 g/mol. The fourth-order valence-corrected chi connectivity index (χ4v) is 3.54. The number of halogens is 2. The molecule has 1 unspecified atom stereocenters. The van der Waals surface area contributed by atoms with E-state index in [1.165, 1.54) is 50.3 Å². The van der Waals surface area contributed by atoms with Crippen LogP contribution in [-0.2, 0) is 0 Å². The molecule has 1 aromatic carbocycles. The molecule has 4 heteroatoms. The van der Waals surface area contributed by atoms with Gasteiger partial charge in [-0.2, -0.15) is 0 Å².